The molecule has 0 bridgehead atoms. The van der Waals surface area contributed by atoms with Crippen LogP contribution in [0.5, 0.6) is 0 Å². The van der Waals surface area contributed by atoms with Crippen molar-refractivity contribution in [2.75, 3.05) is 32.7 Å². The van der Waals surface area contributed by atoms with Gasteiger partial charge >= 0.3 is 0 Å². The molecule has 0 unspecified atom stereocenters. The predicted molar refractivity (Wildman–Crippen MR) is 141 cm³/mol. The van der Waals surface area contributed by atoms with Crippen molar-refractivity contribution >= 4 is 34.4 Å². The number of ether oxygens (including phenoxy) is 1. The van der Waals surface area contributed by atoms with Crippen LogP contribution in [-0.4, -0.2) is 54.3 Å². The van der Waals surface area contributed by atoms with E-state index in [9.17, 15) is 18.8 Å². The zero-order valence-electron chi connectivity index (χ0n) is 21.3. The molecule has 3 rings (SSSR count). The molecule has 198 valence electrons. The molecule has 9 heteroatoms. The highest BCUT2D eigenvalue weighted by atomic mass is 35.5. The third-order valence-corrected chi connectivity index (χ3v) is 6.72. The lowest BCUT2D eigenvalue weighted by Gasteiger charge is -2.32. The highest BCUT2D eigenvalue weighted by molar-refractivity contribution is 6.19. The minimum Gasteiger partial charge on any atom is -0.464 e. The lowest BCUT2D eigenvalue weighted by Crippen LogP contribution is -2.48. The van der Waals surface area contributed by atoms with Gasteiger partial charge in [0.15, 0.2) is 5.43 Å². The minimum absolute atomic E-state index is 0.0393. The molecule has 0 saturated heterocycles. The fourth-order valence-corrected chi connectivity index (χ4v) is 3.99. The predicted octanol–water partition coefficient (Wildman–Crippen LogP) is 4.59. The van der Waals surface area contributed by atoms with E-state index in [1.807, 2.05) is 0 Å². The van der Waals surface area contributed by atoms with Gasteiger partial charge < -0.3 is 19.0 Å². The molecule has 1 aromatic heterocycles. The molecule has 0 saturated carbocycles. The number of carbonyl (C=O) groups excluding carboxylic acids is 2. The molecule has 2 amide bonds. The van der Waals surface area contributed by atoms with Gasteiger partial charge in [0.25, 0.3) is 0 Å². The summed E-state index contributed by atoms with van der Waals surface area (Å²) in [4.78, 5) is 42.9. The van der Waals surface area contributed by atoms with Crippen molar-refractivity contribution in [3.05, 3.63) is 82.0 Å². The Kier molecular flexibility index (Phi) is 9.83. The molecule has 0 spiro atoms. The molecule has 0 aliphatic rings. The number of rotatable bonds is 12. The molecule has 1 heterocycles. The maximum absolute atomic E-state index is 13.6. The Morgan fingerprint density at radius 2 is 1.76 bits per heavy atom. The first-order chi connectivity index (χ1) is 17.7. The van der Waals surface area contributed by atoms with Gasteiger partial charge in [-0.05, 0) is 50.1 Å². The minimum atomic E-state index is -0.865. The number of amides is 2. The maximum atomic E-state index is 13.6. The molecule has 2 aromatic carbocycles. The van der Waals surface area contributed by atoms with Crippen molar-refractivity contribution in [2.24, 2.45) is 5.41 Å². The van der Waals surface area contributed by atoms with Crippen molar-refractivity contribution in [3.63, 3.8) is 0 Å². The van der Waals surface area contributed by atoms with E-state index in [1.54, 1.807) is 57.4 Å². The number of fused-ring (bicyclic) bond motifs is 1. The number of carbonyl (C=O) groups is 2. The topological polar surface area (TPSA) is 80.1 Å². The van der Waals surface area contributed by atoms with E-state index in [4.69, 9.17) is 20.8 Å². The molecule has 0 radical (unpaired) electrons. The van der Waals surface area contributed by atoms with Gasteiger partial charge in [-0.1, -0.05) is 24.3 Å². The van der Waals surface area contributed by atoms with E-state index in [1.165, 1.54) is 28.2 Å². The largest absolute Gasteiger partial charge is 0.464 e. The van der Waals surface area contributed by atoms with Crippen LogP contribution in [0.4, 0.5) is 4.39 Å². The molecule has 0 N–H and O–H groups in total. The molecule has 0 aliphatic carbocycles. The summed E-state index contributed by atoms with van der Waals surface area (Å²) in [5.41, 5.74) is 0.322. The third-order valence-electron chi connectivity index (χ3n) is 6.05. The fraction of sp³-hybridized carbons (Fsp3) is 0.393. The number of halogens is 2. The molecular weight excluding hydrogens is 499 g/mol. The van der Waals surface area contributed by atoms with Gasteiger partial charge in [-0.2, -0.15) is 0 Å². The van der Waals surface area contributed by atoms with Crippen LogP contribution in [0.1, 0.15) is 31.4 Å². The Labute approximate surface area is 220 Å². The van der Waals surface area contributed by atoms with Gasteiger partial charge in [-0.15, -0.1) is 11.6 Å². The van der Waals surface area contributed by atoms with Gasteiger partial charge in [-0.25, -0.2) is 4.39 Å². The summed E-state index contributed by atoms with van der Waals surface area (Å²) >= 11 is 6.04. The van der Waals surface area contributed by atoms with Crippen molar-refractivity contribution < 1.29 is 23.1 Å². The van der Waals surface area contributed by atoms with E-state index in [0.29, 0.717) is 41.7 Å². The Hall–Kier alpha value is -3.23. The van der Waals surface area contributed by atoms with Gasteiger partial charge in [0, 0.05) is 32.7 Å². The first-order valence-corrected chi connectivity index (χ1v) is 12.6. The SMILES string of the molecule is COCCCN(CC(=O)N(Cc1ccc(F)cc1)Cc1coc2ccccc2c1=O)C(=O)C(C)(C)CCl. The third kappa shape index (κ3) is 7.40. The molecule has 0 fully saturated rings. The Bertz CT molecular complexity index is 1280. The Morgan fingerprint density at radius 1 is 1.05 bits per heavy atom. The fourth-order valence-electron chi connectivity index (χ4n) is 3.88. The second-order valence-corrected chi connectivity index (χ2v) is 9.82. The first-order valence-electron chi connectivity index (χ1n) is 12.0. The summed E-state index contributed by atoms with van der Waals surface area (Å²) in [6, 6.07) is 12.7. The quantitative estimate of drug-likeness (QED) is 0.253. The van der Waals surface area contributed by atoms with Crippen LogP contribution in [0.3, 0.4) is 0 Å². The summed E-state index contributed by atoms with van der Waals surface area (Å²) in [7, 11) is 1.57. The molecule has 3 aromatic rings. The van der Waals surface area contributed by atoms with Crippen LogP contribution in [0.25, 0.3) is 11.0 Å². The Balaban J connectivity index is 1.91. The standard InChI is InChI=1S/C28H32ClFN2O5/c1-28(2,19-29)27(35)31(13-6-14-36-3)17-25(33)32(15-20-9-11-22(30)12-10-20)16-21-18-37-24-8-5-4-7-23(24)26(21)34/h4-5,7-12,18H,6,13-17,19H2,1-3H3. The number of alkyl halides is 1. The summed E-state index contributed by atoms with van der Waals surface area (Å²) in [5.74, 6) is -0.917. The number of methoxy groups -OCH3 is 1. The highest BCUT2D eigenvalue weighted by Gasteiger charge is 2.33. The van der Waals surface area contributed by atoms with Gasteiger partial charge in [0.1, 0.15) is 11.4 Å². The van der Waals surface area contributed by atoms with Gasteiger partial charge in [-0.3, -0.25) is 14.4 Å². The van der Waals surface area contributed by atoms with Crippen LogP contribution in [0, 0.1) is 11.2 Å². The monoisotopic (exact) mass is 530 g/mol. The van der Waals surface area contributed by atoms with Crippen molar-refractivity contribution in [3.8, 4) is 0 Å². The summed E-state index contributed by atoms with van der Waals surface area (Å²) in [6.07, 6.45) is 1.90. The number of nitrogens with zero attached hydrogens (tertiary/aromatic N) is 2. The molecule has 0 aliphatic heterocycles. The van der Waals surface area contributed by atoms with Crippen molar-refractivity contribution in [2.45, 2.75) is 33.4 Å². The average molecular weight is 531 g/mol. The second-order valence-electron chi connectivity index (χ2n) is 9.55. The number of para-hydroxylation sites is 1. The Morgan fingerprint density at radius 3 is 2.43 bits per heavy atom. The number of hydrogen-bond acceptors (Lipinski definition) is 5. The highest BCUT2D eigenvalue weighted by Crippen LogP contribution is 2.22. The summed E-state index contributed by atoms with van der Waals surface area (Å²) in [5, 5.41) is 0.411. The van der Waals surface area contributed by atoms with Crippen molar-refractivity contribution in [1.29, 1.82) is 0 Å². The normalized spacial score (nSPS) is 11.5. The van der Waals surface area contributed by atoms with Crippen LogP contribution in [0.2, 0.25) is 0 Å². The zero-order chi connectivity index (χ0) is 27.0. The lowest BCUT2D eigenvalue weighted by molar-refractivity contribution is -0.146. The average Bonchev–Trinajstić information content (AvgIpc) is 2.90. The zero-order valence-corrected chi connectivity index (χ0v) is 22.1. The van der Waals surface area contributed by atoms with Crippen LogP contribution >= 0.6 is 11.6 Å². The van der Waals surface area contributed by atoms with Gasteiger partial charge in [0.05, 0.1) is 35.7 Å². The second kappa shape index (κ2) is 12.8. The van der Waals surface area contributed by atoms with E-state index in [-0.39, 0.29) is 42.8 Å². The lowest BCUT2D eigenvalue weighted by atomic mass is 9.94. The van der Waals surface area contributed by atoms with E-state index < -0.39 is 11.2 Å². The molecule has 0 atom stereocenters. The molecular formula is C28H32ClFN2O5. The van der Waals surface area contributed by atoms with E-state index in [2.05, 4.69) is 0 Å². The van der Waals surface area contributed by atoms with E-state index >= 15 is 0 Å². The van der Waals surface area contributed by atoms with Crippen molar-refractivity contribution in [1.82, 2.24) is 9.80 Å². The van der Waals surface area contributed by atoms with Gasteiger partial charge in [0.2, 0.25) is 11.8 Å². The molecule has 7 nitrogen and oxygen atoms in total. The first kappa shape index (κ1) is 28.3. The van der Waals surface area contributed by atoms with Crippen LogP contribution in [-0.2, 0) is 27.4 Å². The van der Waals surface area contributed by atoms with Crippen LogP contribution < -0.4 is 5.43 Å². The maximum Gasteiger partial charge on any atom is 0.242 e. The number of hydrogen-bond donors (Lipinski definition) is 0. The molecule has 37 heavy (non-hydrogen) atoms. The smallest absolute Gasteiger partial charge is 0.242 e. The number of benzene rings is 2. The van der Waals surface area contributed by atoms with Crippen LogP contribution in [0.15, 0.2) is 64.0 Å². The summed E-state index contributed by atoms with van der Waals surface area (Å²) < 4.78 is 24.2. The summed E-state index contributed by atoms with van der Waals surface area (Å²) in [6.45, 7) is 4.06. The van der Waals surface area contributed by atoms with E-state index in [0.717, 1.165) is 0 Å².